The number of amides is 2. The van der Waals surface area contributed by atoms with E-state index in [1.165, 1.54) is 11.8 Å². The highest BCUT2D eigenvalue weighted by Crippen LogP contribution is 2.28. The fourth-order valence-electron chi connectivity index (χ4n) is 2.96. The number of carbonyl (C=O) groups is 2. The van der Waals surface area contributed by atoms with E-state index in [1.54, 1.807) is 37.1 Å². The first-order valence-corrected chi connectivity index (χ1v) is 11.3. The summed E-state index contributed by atoms with van der Waals surface area (Å²) in [6, 6.07) is 10.9. The summed E-state index contributed by atoms with van der Waals surface area (Å²) in [6.07, 6.45) is 0.735. The number of methoxy groups -OCH3 is 1. The number of nitrogens with one attached hydrogen (secondary N) is 2. The van der Waals surface area contributed by atoms with Gasteiger partial charge in [0.15, 0.2) is 11.3 Å². The third-order valence-corrected chi connectivity index (χ3v) is 5.77. The van der Waals surface area contributed by atoms with Gasteiger partial charge in [-0.3, -0.25) is 25.0 Å². The number of hydrogen-bond acceptors (Lipinski definition) is 7. The lowest BCUT2D eigenvalue weighted by atomic mass is 10.1. The number of rotatable bonds is 8. The van der Waals surface area contributed by atoms with Crippen molar-refractivity contribution in [2.75, 3.05) is 12.9 Å². The lowest BCUT2D eigenvalue weighted by molar-refractivity contribution is -0.132. The topological polar surface area (TPSA) is 107 Å². The summed E-state index contributed by atoms with van der Waals surface area (Å²) in [5.41, 5.74) is 7.24. The van der Waals surface area contributed by atoms with E-state index in [9.17, 15) is 9.59 Å². The van der Waals surface area contributed by atoms with Gasteiger partial charge in [0.2, 0.25) is 5.91 Å². The zero-order valence-corrected chi connectivity index (χ0v) is 20.2. The molecule has 3 aromatic rings. The minimum absolute atomic E-state index is 0.0275. The van der Waals surface area contributed by atoms with Crippen LogP contribution in [0.2, 0.25) is 5.02 Å². The number of benzene rings is 2. The van der Waals surface area contributed by atoms with E-state index in [4.69, 9.17) is 21.1 Å². The molecule has 2 amide bonds. The van der Waals surface area contributed by atoms with Gasteiger partial charge in [-0.15, -0.1) is 10.2 Å². The summed E-state index contributed by atoms with van der Waals surface area (Å²) in [6.45, 7) is 5.30. The Morgan fingerprint density at radius 1 is 1.15 bits per heavy atom. The lowest BCUT2D eigenvalue weighted by Gasteiger charge is -2.18. The third kappa shape index (κ3) is 6.39. The van der Waals surface area contributed by atoms with Gasteiger partial charge in [-0.25, -0.2) is 0 Å². The second kappa shape index (κ2) is 11.1. The Morgan fingerprint density at radius 2 is 1.82 bits per heavy atom. The number of hydrazine groups is 1. The molecule has 1 atom stereocenters. The van der Waals surface area contributed by atoms with Gasteiger partial charge in [-0.2, -0.15) is 0 Å². The molecule has 1 heterocycles. The van der Waals surface area contributed by atoms with Crippen LogP contribution in [0.5, 0.6) is 11.5 Å². The molecule has 11 heteroatoms. The largest absolute Gasteiger partial charge is 0.497 e. The molecular formula is C22H24ClN5O4S. The summed E-state index contributed by atoms with van der Waals surface area (Å²) >= 11 is 7.22. The van der Waals surface area contributed by atoms with Gasteiger partial charge in [0.25, 0.3) is 5.91 Å². The minimum atomic E-state index is -0.824. The number of aromatic nitrogens is 3. The lowest BCUT2D eigenvalue weighted by Crippen LogP contribution is -2.47. The van der Waals surface area contributed by atoms with E-state index in [0.717, 1.165) is 22.6 Å². The maximum absolute atomic E-state index is 12.3. The molecule has 0 saturated carbocycles. The first kappa shape index (κ1) is 24.4. The molecule has 0 spiro atoms. The summed E-state index contributed by atoms with van der Waals surface area (Å²) < 4.78 is 12.7. The quantitative estimate of drug-likeness (QED) is 0.369. The average Bonchev–Trinajstić information content (AvgIpc) is 3.27. The predicted molar refractivity (Wildman–Crippen MR) is 126 cm³/mol. The molecule has 0 bridgehead atoms. The van der Waals surface area contributed by atoms with Crippen molar-refractivity contribution in [1.29, 1.82) is 0 Å². The molecule has 3 rings (SSSR count). The van der Waals surface area contributed by atoms with Gasteiger partial charge in [0, 0.05) is 10.7 Å². The minimum Gasteiger partial charge on any atom is -0.497 e. The molecule has 2 aromatic carbocycles. The smallest absolute Gasteiger partial charge is 0.279 e. The molecule has 2 N–H and O–H groups in total. The summed E-state index contributed by atoms with van der Waals surface area (Å²) in [5.74, 6) is 0.462. The van der Waals surface area contributed by atoms with E-state index in [1.807, 2.05) is 38.1 Å². The summed E-state index contributed by atoms with van der Waals surface area (Å²) in [4.78, 5) is 24.6. The Morgan fingerprint density at radius 3 is 2.45 bits per heavy atom. The second-order valence-electron chi connectivity index (χ2n) is 7.14. The molecule has 0 fully saturated rings. The number of aryl methyl sites for hydroxylation is 2. The van der Waals surface area contributed by atoms with E-state index < -0.39 is 17.9 Å². The summed E-state index contributed by atoms with van der Waals surface area (Å²) in [5, 5.41) is 9.09. The van der Waals surface area contributed by atoms with Crippen LogP contribution >= 0.6 is 23.4 Å². The summed E-state index contributed by atoms with van der Waals surface area (Å²) in [7, 11) is 1.60. The van der Waals surface area contributed by atoms with Crippen molar-refractivity contribution in [2.45, 2.75) is 32.0 Å². The first-order chi connectivity index (χ1) is 15.8. The Bertz CT molecular complexity index is 1110. The van der Waals surface area contributed by atoms with Gasteiger partial charge in [-0.05, 0) is 68.3 Å². The van der Waals surface area contributed by atoms with Gasteiger partial charge in [-0.1, -0.05) is 23.4 Å². The normalized spacial score (nSPS) is 11.5. The fourth-order valence-corrected chi connectivity index (χ4v) is 4.01. The number of nitrogens with zero attached hydrogens (tertiary/aromatic N) is 3. The number of halogens is 1. The molecule has 174 valence electrons. The van der Waals surface area contributed by atoms with E-state index in [0.29, 0.717) is 15.9 Å². The van der Waals surface area contributed by atoms with Crippen molar-refractivity contribution in [2.24, 2.45) is 0 Å². The molecular weight excluding hydrogens is 466 g/mol. The number of hydrogen-bond donors (Lipinski definition) is 2. The van der Waals surface area contributed by atoms with E-state index in [-0.39, 0.29) is 5.75 Å². The van der Waals surface area contributed by atoms with Crippen LogP contribution in [0.4, 0.5) is 0 Å². The van der Waals surface area contributed by atoms with Crippen LogP contribution in [-0.2, 0) is 9.59 Å². The zero-order chi connectivity index (χ0) is 24.0. The second-order valence-corrected chi connectivity index (χ2v) is 8.52. The highest BCUT2D eigenvalue weighted by atomic mass is 35.5. The molecule has 0 aliphatic carbocycles. The Labute approximate surface area is 200 Å². The van der Waals surface area contributed by atoms with Gasteiger partial charge in [0.1, 0.15) is 17.8 Å². The molecule has 0 radical (unpaired) electrons. The Hall–Kier alpha value is -3.24. The van der Waals surface area contributed by atoms with E-state index >= 15 is 0 Å². The predicted octanol–water partition coefficient (Wildman–Crippen LogP) is 3.25. The van der Waals surface area contributed by atoms with Crippen LogP contribution < -0.4 is 20.3 Å². The Balaban J connectivity index is 1.50. The zero-order valence-electron chi connectivity index (χ0n) is 18.6. The van der Waals surface area contributed by atoms with Crippen molar-refractivity contribution in [3.8, 4) is 17.2 Å². The molecule has 0 aliphatic rings. The van der Waals surface area contributed by atoms with Crippen molar-refractivity contribution >= 4 is 35.2 Å². The molecule has 9 nitrogen and oxygen atoms in total. The van der Waals surface area contributed by atoms with Crippen LogP contribution in [-0.4, -0.2) is 45.5 Å². The maximum Gasteiger partial charge on any atom is 0.279 e. The van der Waals surface area contributed by atoms with Gasteiger partial charge in [0.05, 0.1) is 12.9 Å². The van der Waals surface area contributed by atoms with Crippen molar-refractivity contribution in [3.05, 3.63) is 58.9 Å². The number of ether oxygens (including phenoxy) is 2. The maximum atomic E-state index is 12.3. The number of carbonyl (C=O) groups excluding carboxylic acids is 2. The third-order valence-electron chi connectivity index (χ3n) is 4.61. The molecule has 1 unspecified atom stereocenters. The highest BCUT2D eigenvalue weighted by molar-refractivity contribution is 7.99. The van der Waals surface area contributed by atoms with Crippen molar-refractivity contribution < 1.29 is 19.1 Å². The Kier molecular flexibility index (Phi) is 8.18. The molecule has 0 saturated heterocycles. The van der Waals surface area contributed by atoms with Crippen LogP contribution in [0.3, 0.4) is 0 Å². The molecule has 33 heavy (non-hydrogen) atoms. The monoisotopic (exact) mass is 489 g/mol. The molecule has 1 aromatic heterocycles. The SMILES string of the molecule is COc1ccc(-n2cnnc2SCC(=O)NNC(=O)C(C)Oc2c(C)cc(Cl)cc2C)cc1. The molecule has 0 aliphatic heterocycles. The van der Waals surface area contributed by atoms with E-state index in [2.05, 4.69) is 21.0 Å². The van der Waals surface area contributed by atoms with Crippen LogP contribution in [0.25, 0.3) is 5.69 Å². The average molecular weight is 490 g/mol. The van der Waals surface area contributed by atoms with Gasteiger partial charge < -0.3 is 9.47 Å². The van der Waals surface area contributed by atoms with Gasteiger partial charge >= 0.3 is 0 Å². The number of thioether (sulfide) groups is 1. The van der Waals surface area contributed by atoms with Crippen LogP contribution in [0.1, 0.15) is 18.1 Å². The first-order valence-electron chi connectivity index (χ1n) is 9.98. The standard InChI is InChI=1S/C22H24ClN5O4S/c1-13-9-16(23)10-14(2)20(13)32-15(3)21(30)26-25-19(29)11-33-22-27-24-12-28(22)17-5-7-18(31-4)8-6-17/h5-10,12,15H,11H2,1-4H3,(H,25,29)(H,26,30). The van der Waals surface area contributed by atoms with Crippen molar-refractivity contribution in [3.63, 3.8) is 0 Å². The van der Waals surface area contributed by atoms with Crippen LogP contribution in [0, 0.1) is 13.8 Å². The highest BCUT2D eigenvalue weighted by Gasteiger charge is 2.18. The van der Waals surface area contributed by atoms with Crippen LogP contribution in [0.15, 0.2) is 47.9 Å². The fraction of sp³-hybridized carbons (Fsp3) is 0.273. The van der Waals surface area contributed by atoms with Crippen molar-refractivity contribution in [1.82, 2.24) is 25.6 Å².